The Morgan fingerprint density at radius 1 is 1.53 bits per heavy atom. The Labute approximate surface area is 111 Å². The number of rotatable bonds is 6. The molecule has 2 aromatic rings. The van der Waals surface area contributed by atoms with Crippen LogP contribution in [0.2, 0.25) is 0 Å². The minimum absolute atomic E-state index is 0.0674. The number of benzene rings is 1. The highest BCUT2D eigenvalue weighted by molar-refractivity contribution is 5.82. The van der Waals surface area contributed by atoms with Crippen LogP contribution in [-0.2, 0) is 11.3 Å². The average Bonchev–Trinajstić information content (AvgIpc) is 3.17. The van der Waals surface area contributed by atoms with Crippen molar-refractivity contribution < 1.29 is 9.47 Å². The highest BCUT2D eigenvalue weighted by Crippen LogP contribution is 2.25. The number of nitrogens with one attached hydrogen (secondary N) is 1. The number of epoxide rings is 1. The Balaban J connectivity index is 1.97. The van der Waals surface area contributed by atoms with Gasteiger partial charge in [0.1, 0.15) is 24.0 Å². The SMILES string of the molecule is CCCCn1c(=O)[nH]c2cccc(OCC3CO3)c21. The highest BCUT2D eigenvalue weighted by Gasteiger charge is 2.23. The van der Waals surface area contributed by atoms with Crippen molar-refractivity contribution in [3.05, 3.63) is 28.7 Å². The van der Waals surface area contributed by atoms with Crippen LogP contribution in [0.25, 0.3) is 11.0 Å². The molecule has 0 aliphatic carbocycles. The lowest BCUT2D eigenvalue weighted by Gasteiger charge is -2.08. The Kier molecular flexibility index (Phi) is 3.29. The summed E-state index contributed by atoms with van der Waals surface area (Å²) in [6.07, 6.45) is 2.25. The van der Waals surface area contributed by atoms with Crippen molar-refractivity contribution in [1.82, 2.24) is 9.55 Å². The number of ether oxygens (including phenoxy) is 2. The summed E-state index contributed by atoms with van der Waals surface area (Å²) in [6.45, 7) is 4.15. The summed E-state index contributed by atoms with van der Waals surface area (Å²) in [4.78, 5) is 14.9. The van der Waals surface area contributed by atoms with Gasteiger partial charge in [0.05, 0.1) is 12.1 Å². The van der Waals surface area contributed by atoms with Crippen LogP contribution in [0, 0.1) is 0 Å². The number of unbranched alkanes of at least 4 members (excludes halogenated alkanes) is 1. The number of fused-ring (bicyclic) bond motifs is 1. The molecule has 5 heteroatoms. The Morgan fingerprint density at radius 3 is 3.11 bits per heavy atom. The van der Waals surface area contributed by atoms with Crippen LogP contribution in [0.15, 0.2) is 23.0 Å². The first-order chi connectivity index (χ1) is 9.29. The first-order valence-corrected chi connectivity index (χ1v) is 6.75. The number of hydrogen-bond acceptors (Lipinski definition) is 3. The molecule has 1 aliphatic rings. The lowest BCUT2D eigenvalue weighted by molar-refractivity contribution is 0.264. The molecular formula is C14H18N2O3. The van der Waals surface area contributed by atoms with E-state index in [0.29, 0.717) is 6.61 Å². The molecule has 1 aliphatic heterocycles. The van der Waals surface area contributed by atoms with E-state index >= 15 is 0 Å². The molecule has 2 heterocycles. The molecular weight excluding hydrogens is 244 g/mol. The second-order valence-corrected chi connectivity index (χ2v) is 4.85. The van der Waals surface area contributed by atoms with Crippen molar-refractivity contribution in [2.45, 2.75) is 32.4 Å². The van der Waals surface area contributed by atoms with Crippen molar-refractivity contribution in [3.63, 3.8) is 0 Å². The lowest BCUT2D eigenvalue weighted by Crippen LogP contribution is -2.17. The molecule has 0 spiro atoms. The fourth-order valence-electron chi connectivity index (χ4n) is 2.18. The fourth-order valence-corrected chi connectivity index (χ4v) is 2.18. The molecule has 1 atom stereocenters. The fraction of sp³-hybridized carbons (Fsp3) is 0.500. The first kappa shape index (κ1) is 12.3. The topological polar surface area (TPSA) is 59.5 Å². The summed E-state index contributed by atoms with van der Waals surface area (Å²) in [5.41, 5.74) is 1.62. The van der Waals surface area contributed by atoms with E-state index in [2.05, 4.69) is 11.9 Å². The largest absolute Gasteiger partial charge is 0.489 e. The standard InChI is InChI=1S/C14H18N2O3/c1-2-3-7-16-13-11(15-14(16)17)5-4-6-12(13)19-9-10-8-18-10/h4-6,10H,2-3,7-9H2,1H3,(H,15,17). The monoisotopic (exact) mass is 262 g/mol. The van der Waals surface area contributed by atoms with Crippen LogP contribution < -0.4 is 10.4 Å². The second-order valence-electron chi connectivity index (χ2n) is 4.85. The van der Waals surface area contributed by atoms with E-state index in [-0.39, 0.29) is 11.8 Å². The molecule has 0 radical (unpaired) electrons. The van der Waals surface area contributed by atoms with Gasteiger partial charge in [-0.2, -0.15) is 0 Å². The Bertz CT molecular complexity index is 625. The maximum absolute atomic E-state index is 12.0. The van der Waals surface area contributed by atoms with Gasteiger partial charge in [-0.15, -0.1) is 0 Å². The number of H-pyrrole nitrogens is 1. The van der Waals surface area contributed by atoms with Gasteiger partial charge < -0.3 is 14.5 Å². The number of nitrogens with zero attached hydrogens (tertiary/aromatic N) is 1. The van der Waals surface area contributed by atoms with Gasteiger partial charge in [-0.3, -0.25) is 4.57 Å². The third-order valence-electron chi connectivity index (χ3n) is 3.32. The molecule has 0 bridgehead atoms. The van der Waals surface area contributed by atoms with Gasteiger partial charge in [-0.25, -0.2) is 4.79 Å². The van der Waals surface area contributed by atoms with Crippen LogP contribution >= 0.6 is 0 Å². The predicted octanol–water partition coefficient (Wildman–Crippen LogP) is 1.91. The van der Waals surface area contributed by atoms with E-state index in [1.54, 1.807) is 4.57 Å². The third-order valence-corrected chi connectivity index (χ3v) is 3.32. The number of hydrogen-bond donors (Lipinski definition) is 1. The van der Waals surface area contributed by atoms with Crippen LogP contribution in [-0.4, -0.2) is 28.9 Å². The third kappa shape index (κ3) is 2.51. The van der Waals surface area contributed by atoms with Crippen molar-refractivity contribution in [1.29, 1.82) is 0 Å². The molecule has 5 nitrogen and oxygen atoms in total. The molecule has 19 heavy (non-hydrogen) atoms. The summed E-state index contributed by atoms with van der Waals surface area (Å²) in [6, 6.07) is 5.70. The van der Waals surface area contributed by atoms with Gasteiger partial charge in [-0.1, -0.05) is 19.4 Å². The Hall–Kier alpha value is -1.75. The van der Waals surface area contributed by atoms with E-state index < -0.39 is 0 Å². The molecule has 1 saturated heterocycles. The van der Waals surface area contributed by atoms with E-state index in [1.807, 2.05) is 18.2 Å². The van der Waals surface area contributed by atoms with E-state index in [0.717, 1.165) is 42.8 Å². The molecule has 0 saturated carbocycles. The quantitative estimate of drug-likeness (QED) is 0.809. The maximum atomic E-state index is 12.0. The predicted molar refractivity (Wildman–Crippen MR) is 72.7 cm³/mol. The van der Waals surface area contributed by atoms with Gasteiger partial charge in [0.25, 0.3) is 0 Å². The minimum atomic E-state index is -0.0674. The van der Waals surface area contributed by atoms with Gasteiger partial charge in [0.2, 0.25) is 0 Å². The minimum Gasteiger partial charge on any atom is -0.489 e. The number of aryl methyl sites for hydroxylation is 1. The van der Waals surface area contributed by atoms with Crippen molar-refractivity contribution >= 4 is 11.0 Å². The normalized spacial score (nSPS) is 17.8. The molecule has 102 valence electrons. The summed E-state index contributed by atoms with van der Waals surface area (Å²) in [5, 5.41) is 0. The zero-order valence-electron chi connectivity index (χ0n) is 11.0. The second kappa shape index (κ2) is 5.09. The lowest BCUT2D eigenvalue weighted by atomic mass is 10.2. The van der Waals surface area contributed by atoms with Gasteiger partial charge in [-0.05, 0) is 18.6 Å². The molecule has 1 N–H and O–H groups in total. The van der Waals surface area contributed by atoms with Crippen molar-refractivity contribution in [3.8, 4) is 5.75 Å². The number of aromatic amines is 1. The van der Waals surface area contributed by atoms with Crippen LogP contribution in [0.4, 0.5) is 0 Å². The zero-order valence-corrected chi connectivity index (χ0v) is 11.0. The van der Waals surface area contributed by atoms with E-state index in [4.69, 9.17) is 9.47 Å². The average molecular weight is 262 g/mol. The number of imidazole rings is 1. The van der Waals surface area contributed by atoms with Gasteiger partial charge in [0, 0.05) is 6.54 Å². The van der Waals surface area contributed by atoms with Crippen molar-refractivity contribution in [2.24, 2.45) is 0 Å². The molecule has 1 aromatic carbocycles. The van der Waals surface area contributed by atoms with Gasteiger partial charge in [0.15, 0.2) is 0 Å². The molecule has 3 rings (SSSR count). The molecule has 1 fully saturated rings. The zero-order chi connectivity index (χ0) is 13.2. The van der Waals surface area contributed by atoms with E-state index in [9.17, 15) is 4.79 Å². The van der Waals surface area contributed by atoms with Crippen LogP contribution in [0.1, 0.15) is 19.8 Å². The Morgan fingerprint density at radius 2 is 2.37 bits per heavy atom. The highest BCUT2D eigenvalue weighted by atomic mass is 16.6. The maximum Gasteiger partial charge on any atom is 0.326 e. The number of aromatic nitrogens is 2. The molecule has 1 aromatic heterocycles. The number of para-hydroxylation sites is 1. The van der Waals surface area contributed by atoms with Gasteiger partial charge >= 0.3 is 5.69 Å². The van der Waals surface area contributed by atoms with Crippen LogP contribution in [0.5, 0.6) is 5.75 Å². The smallest absolute Gasteiger partial charge is 0.326 e. The molecule has 0 amide bonds. The summed E-state index contributed by atoms with van der Waals surface area (Å²) in [5.74, 6) is 0.752. The van der Waals surface area contributed by atoms with Crippen LogP contribution in [0.3, 0.4) is 0 Å². The molecule has 1 unspecified atom stereocenters. The first-order valence-electron chi connectivity index (χ1n) is 6.75. The van der Waals surface area contributed by atoms with Crippen molar-refractivity contribution in [2.75, 3.05) is 13.2 Å². The summed E-state index contributed by atoms with van der Waals surface area (Å²) >= 11 is 0. The summed E-state index contributed by atoms with van der Waals surface area (Å²) in [7, 11) is 0. The van der Waals surface area contributed by atoms with E-state index in [1.165, 1.54) is 0 Å². The summed E-state index contributed by atoms with van der Waals surface area (Å²) < 4.78 is 12.7.